The number of nitrogens with zero attached hydrogens (tertiary/aromatic N) is 1. The monoisotopic (exact) mass is 374 g/mol. The molecule has 4 bridgehead atoms. The van der Waals surface area contributed by atoms with E-state index in [4.69, 9.17) is 23.2 Å². The first kappa shape index (κ1) is 16.2. The summed E-state index contributed by atoms with van der Waals surface area (Å²) in [5.74, 6) is 3.85. The van der Waals surface area contributed by atoms with Crippen LogP contribution in [-0.4, -0.2) is 9.97 Å². The van der Waals surface area contributed by atoms with Crippen molar-refractivity contribution < 1.29 is 0 Å². The van der Waals surface area contributed by atoms with Crippen LogP contribution in [0.5, 0.6) is 0 Å². The number of hydrogen-bond acceptors (Lipinski definition) is 1. The van der Waals surface area contributed by atoms with E-state index < -0.39 is 0 Å². The lowest BCUT2D eigenvalue weighted by atomic mass is 9.48. The zero-order chi connectivity index (χ0) is 17.0. The first-order valence-corrected chi connectivity index (χ1v) is 10.3. The maximum atomic E-state index is 6.32. The fourth-order valence-electron chi connectivity index (χ4n) is 6.33. The Morgan fingerprint density at radius 1 is 1.00 bits per heavy atom. The number of aromatic amines is 1. The van der Waals surface area contributed by atoms with Crippen LogP contribution in [0.25, 0.3) is 11.4 Å². The van der Waals surface area contributed by atoms with Crippen molar-refractivity contribution in [3.8, 4) is 11.4 Å². The number of nitrogens with one attached hydrogen (secondary N) is 1. The largest absolute Gasteiger partial charge is 0.342 e. The Hall–Kier alpha value is -0.990. The van der Waals surface area contributed by atoms with E-state index in [0.717, 1.165) is 35.6 Å². The number of aryl methyl sites for hydroxylation is 1. The van der Waals surface area contributed by atoms with Crippen molar-refractivity contribution in [2.24, 2.45) is 23.2 Å². The molecule has 0 spiro atoms. The molecule has 0 aliphatic heterocycles. The van der Waals surface area contributed by atoms with Crippen LogP contribution in [0, 0.1) is 23.2 Å². The number of imidazole rings is 1. The van der Waals surface area contributed by atoms with Gasteiger partial charge in [-0.2, -0.15) is 0 Å². The van der Waals surface area contributed by atoms with E-state index in [-0.39, 0.29) is 0 Å². The first-order valence-electron chi connectivity index (χ1n) is 9.58. The normalized spacial score (nSPS) is 33.1. The summed E-state index contributed by atoms with van der Waals surface area (Å²) in [7, 11) is 0. The second kappa shape index (κ2) is 6.03. The van der Waals surface area contributed by atoms with E-state index >= 15 is 0 Å². The number of rotatable bonds is 4. The molecule has 0 radical (unpaired) electrons. The molecule has 4 fully saturated rings. The van der Waals surface area contributed by atoms with E-state index in [9.17, 15) is 0 Å². The standard InChI is InChI=1S/C21H24Cl2N2/c22-17-2-1-3-18(23)19(17)20-24-12-16(25-20)4-5-21-9-13-6-14(10-21)8-15(7-13)11-21/h1-3,12-15H,4-11H2,(H,24,25). The smallest absolute Gasteiger partial charge is 0.140 e. The lowest BCUT2D eigenvalue weighted by Gasteiger charge is -2.57. The zero-order valence-electron chi connectivity index (χ0n) is 14.4. The van der Waals surface area contributed by atoms with Crippen LogP contribution < -0.4 is 0 Å². The van der Waals surface area contributed by atoms with Gasteiger partial charge in [0.2, 0.25) is 0 Å². The van der Waals surface area contributed by atoms with Crippen LogP contribution in [-0.2, 0) is 6.42 Å². The summed E-state index contributed by atoms with van der Waals surface area (Å²) in [6.45, 7) is 0. The highest BCUT2D eigenvalue weighted by Gasteiger charge is 2.50. The predicted octanol–water partition coefficient (Wildman–Crippen LogP) is 6.53. The van der Waals surface area contributed by atoms with Gasteiger partial charge in [0.25, 0.3) is 0 Å². The fraction of sp³-hybridized carbons (Fsp3) is 0.571. The molecule has 6 rings (SSSR count). The van der Waals surface area contributed by atoms with Gasteiger partial charge in [-0.25, -0.2) is 4.98 Å². The van der Waals surface area contributed by atoms with Gasteiger partial charge in [-0.05, 0) is 86.7 Å². The minimum atomic E-state index is 0.613. The maximum Gasteiger partial charge on any atom is 0.140 e. The Labute approximate surface area is 159 Å². The van der Waals surface area contributed by atoms with Crippen molar-refractivity contribution in [3.63, 3.8) is 0 Å². The van der Waals surface area contributed by atoms with Crippen LogP contribution in [0.2, 0.25) is 10.0 Å². The number of halogens is 2. The lowest BCUT2D eigenvalue weighted by Crippen LogP contribution is -2.46. The Morgan fingerprint density at radius 3 is 2.20 bits per heavy atom. The molecule has 1 aromatic heterocycles. The van der Waals surface area contributed by atoms with Crippen LogP contribution in [0.4, 0.5) is 0 Å². The fourth-order valence-corrected chi connectivity index (χ4v) is 6.91. The molecule has 0 unspecified atom stereocenters. The van der Waals surface area contributed by atoms with Crippen LogP contribution in [0.3, 0.4) is 0 Å². The Morgan fingerprint density at radius 2 is 1.60 bits per heavy atom. The molecule has 25 heavy (non-hydrogen) atoms. The average molecular weight is 375 g/mol. The third-order valence-electron chi connectivity index (χ3n) is 6.92. The van der Waals surface area contributed by atoms with Crippen molar-refractivity contribution in [3.05, 3.63) is 40.1 Å². The van der Waals surface area contributed by atoms with Gasteiger partial charge in [-0.3, -0.25) is 0 Å². The van der Waals surface area contributed by atoms with Gasteiger partial charge in [0, 0.05) is 11.9 Å². The molecule has 4 saturated carbocycles. The summed E-state index contributed by atoms with van der Waals surface area (Å²) in [6.07, 6.45) is 13.3. The summed E-state index contributed by atoms with van der Waals surface area (Å²) in [6, 6.07) is 5.59. The van der Waals surface area contributed by atoms with Crippen LogP contribution >= 0.6 is 23.2 Å². The summed E-state index contributed by atoms with van der Waals surface area (Å²) >= 11 is 12.6. The molecule has 1 heterocycles. The van der Waals surface area contributed by atoms with Crippen molar-refractivity contribution in [1.29, 1.82) is 0 Å². The second-order valence-electron chi connectivity index (χ2n) is 8.77. The highest BCUT2D eigenvalue weighted by atomic mass is 35.5. The van der Waals surface area contributed by atoms with E-state index in [2.05, 4.69) is 9.97 Å². The number of aromatic nitrogens is 2. The summed E-state index contributed by atoms with van der Waals surface area (Å²) in [4.78, 5) is 8.01. The highest BCUT2D eigenvalue weighted by molar-refractivity contribution is 6.38. The van der Waals surface area contributed by atoms with Gasteiger partial charge >= 0.3 is 0 Å². The van der Waals surface area contributed by atoms with Gasteiger partial charge in [0.15, 0.2) is 0 Å². The van der Waals surface area contributed by atoms with Gasteiger partial charge < -0.3 is 4.98 Å². The third kappa shape index (κ3) is 2.92. The van der Waals surface area contributed by atoms with E-state index in [1.807, 2.05) is 24.4 Å². The predicted molar refractivity (Wildman–Crippen MR) is 103 cm³/mol. The molecule has 1 N–H and O–H groups in total. The molecular weight excluding hydrogens is 351 g/mol. The molecule has 0 atom stereocenters. The summed E-state index contributed by atoms with van der Waals surface area (Å²) in [5.41, 5.74) is 2.64. The number of hydrogen-bond donors (Lipinski definition) is 1. The molecule has 4 aliphatic carbocycles. The van der Waals surface area contributed by atoms with E-state index in [1.54, 1.807) is 0 Å². The molecule has 0 saturated heterocycles. The van der Waals surface area contributed by atoms with Crippen molar-refractivity contribution in [2.75, 3.05) is 0 Å². The molecule has 2 aromatic rings. The van der Waals surface area contributed by atoms with Gasteiger partial charge in [0.1, 0.15) is 5.82 Å². The van der Waals surface area contributed by atoms with Crippen molar-refractivity contribution in [1.82, 2.24) is 9.97 Å². The first-order chi connectivity index (χ1) is 12.1. The molecule has 132 valence electrons. The van der Waals surface area contributed by atoms with Crippen LogP contribution in [0.1, 0.15) is 50.6 Å². The minimum Gasteiger partial charge on any atom is -0.342 e. The van der Waals surface area contributed by atoms with Gasteiger partial charge in [0.05, 0.1) is 15.6 Å². The zero-order valence-corrected chi connectivity index (χ0v) is 15.9. The highest BCUT2D eigenvalue weighted by Crippen LogP contribution is 2.61. The molecule has 0 amide bonds. The second-order valence-corrected chi connectivity index (χ2v) is 9.59. The Bertz CT molecular complexity index is 739. The SMILES string of the molecule is Clc1cccc(Cl)c1-c1ncc(CCC23CC4CC(CC(C4)C2)C3)[nH]1. The topological polar surface area (TPSA) is 28.7 Å². The van der Waals surface area contributed by atoms with E-state index in [1.165, 1.54) is 50.6 Å². The van der Waals surface area contributed by atoms with Crippen molar-refractivity contribution in [2.45, 2.75) is 51.4 Å². The van der Waals surface area contributed by atoms with Gasteiger partial charge in [-0.1, -0.05) is 29.3 Å². The Balaban J connectivity index is 1.32. The molecule has 4 aliphatic rings. The number of H-pyrrole nitrogens is 1. The molecular formula is C21H24Cl2N2. The molecule has 2 nitrogen and oxygen atoms in total. The van der Waals surface area contributed by atoms with Gasteiger partial charge in [-0.15, -0.1) is 0 Å². The quantitative estimate of drug-likeness (QED) is 0.646. The van der Waals surface area contributed by atoms with Crippen LogP contribution in [0.15, 0.2) is 24.4 Å². The molecule has 1 aromatic carbocycles. The lowest BCUT2D eigenvalue weighted by molar-refractivity contribution is -0.0570. The van der Waals surface area contributed by atoms with E-state index in [0.29, 0.717) is 15.5 Å². The summed E-state index contributed by atoms with van der Waals surface area (Å²) in [5, 5.41) is 1.30. The maximum absolute atomic E-state index is 6.32. The summed E-state index contributed by atoms with van der Waals surface area (Å²) < 4.78 is 0. The average Bonchev–Trinajstić information content (AvgIpc) is 3.00. The van der Waals surface area contributed by atoms with Crippen molar-refractivity contribution >= 4 is 23.2 Å². The molecule has 4 heteroatoms. The third-order valence-corrected chi connectivity index (χ3v) is 7.55. The minimum absolute atomic E-state index is 0.613. The Kier molecular flexibility index (Phi) is 3.91. The number of benzene rings is 1.